The van der Waals surface area contributed by atoms with Crippen molar-refractivity contribution < 1.29 is 4.42 Å². The molecule has 356 valence electrons. The standard InChI is InChI=1S/C68H53BN2OS2/c1-66(2,3)40-26-28-41(29-27-40)71-52-37-57-44(42-22-15-17-25-55(42)73-57)32-45(52)59-60-43-23-14-16-24-54(43)72-64(60)61-46-33-48-49(68(6,7)31-30-67(48,4)5)35-51(46)70-53-34-47-56(36-50(53)69(71)62(59)63(61)70)74-65(39-20-12-9-13-21-39)58(47)38-18-10-8-11-19-38/h8-29,32-37H,30-31H2,1-7H3. The van der Waals surface area contributed by atoms with Gasteiger partial charge in [-0.2, -0.15) is 0 Å². The zero-order valence-corrected chi connectivity index (χ0v) is 44.4. The molecular weight excluding hydrogens is 936 g/mol. The fourth-order valence-electron chi connectivity index (χ4n) is 13.7. The van der Waals surface area contributed by atoms with Gasteiger partial charge >= 0.3 is 6.85 Å². The minimum absolute atomic E-state index is 0.00660. The van der Waals surface area contributed by atoms with Gasteiger partial charge in [-0.15, -0.1) is 22.7 Å². The van der Waals surface area contributed by atoms with E-state index < -0.39 is 0 Å². The maximum absolute atomic E-state index is 7.43. The van der Waals surface area contributed by atoms with Gasteiger partial charge in [0.2, 0.25) is 0 Å². The molecule has 0 saturated heterocycles. The molecule has 6 heteroatoms. The summed E-state index contributed by atoms with van der Waals surface area (Å²) in [4.78, 5) is 4.03. The Labute approximate surface area is 439 Å². The smallest absolute Gasteiger partial charge is 0.333 e. The molecule has 0 amide bonds. The van der Waals surface area contributed by atoms with Crippen molar-refractivity contribution in [2.24, 2.45) is 0 Å². The van der Waals surface area contributed by atoms with Crippen molar-refractivity contribution in [2.75, 3.05) is 4.81 Å². The van der Waals surface area contributed by atoms with Gasteiger partial charge in [-0.1, -0.05) is 158 Å². The third-order valence-corrected chi connectivity index (χ3v) is 19.9. The third-order valence-electron chi connectivity index (χ3n) is 17.6. The van der Waals surface area contributed by atoms with Crippen LogP contribution in [0.2, 0.25) is 0 Å². The fourth-order valence-corrected chi connectivity index (χ4v) is 16.1. The molecule has 1 aliphatic carbocycles. The molecule has 0 unspecified atom stereocenters. The van der Waals surface area contributed by atoms with E-state index in [1.165, 1.54) is 140 Å². The predicted octanol–water partition coefficient (Wildman–Crippen LogP) is 18.5. The molecule has 0 bridgehead atoms. The predicted molar refractivity (Wildman–Crippen MR) is 320 cm³/mol. The minimum Gasteiger partial charge on any atom is -0.455 e. The highest BCUT2D eigenvalue weighted by Crippen LogP contribution is 2.56. The van der Waals surface area contributed by atoms with Gasteiger partial charge in [0.05, 0.1) is 16.4 Å². The Morgan fingerprint density at radius 2 is 1.20 bits per heavy atom. The maximum Gasteiger partial charge on any atom is 0.333 e. The first-order chi connectivity index (χ1) is 35.8. The molecule has 6 heterocycles. The molecular formula is C68H53BN2OS2. The van der Waals surface area contributed by atoms with Crippen molar-refractivity contribution in [3.63, 3.8) is 0 Å². The van der Waals surface area contributed by atoms with E-state index in [1.54, 1.807) is 0 Å². The largest absolute Gasteiger partial charge is 0.455 e. The number of aromatic nitrogens is 1. The second-order valence-corrected chi connectivity index (χ2v) is 25.9. The summed E-state index contributed by atoms with van der Waals surface area (Å²) in [5, 5.41) is 8.76. The van der Waals surface area contributed by atoms with E-state index in [2.05, 4.69) is 228 Å². The van der Waals surface area contributed by atoms with E-state index in [1.807, 2.05) is 22.7 Å². The van der Waals surface area contributed by atoms with Gasteiger partial charge < -0.3 is 13.8 Å². The number of thiophene rings is 2. The van der Waals surface area contributed by atoms with E-state index in [0.29, 0.717) is 0 Å². The van der Waals surface area contributed by atoms with Crippen molar-refractivity contribution in [3.8, 4) is 38.4 Å². The summed E-state index contributed by atoms with van der Waals surface area (Å²) in [7, 11) is 0. The van der Waals surface area contributed by atoms with Gasteiger partial charge in [0.25, 0.3) is 0 Å². The Morgan fingerprint density at radius 3 is 1.95 bits per heavy atom. The number of hydrogen-bond donors (Lipinski definition) is 0. The molecule has 9 aromatic carbocycles. The Hall–Kier alpha value is -7.38. The number of furan rings is 1. The highest BCUT2D eigenvalue weighted by atomic mass is 32.1. The molecule has 0 saturated carbocycles. The lowest BCUT2D eigenvalue weighted by atomic mass is 9.43. The lowest BCUT2D eigenvalue weighted by molar-refractivity contribution is 0.332. The summed E-state index contributed by atoms with van der Waals surface area (Å²) >= 11 is 3.84. The topological polar surface area (TPSA) is 21.3 Å². The van der Waals surface area contributed by atoms with E-state index in [0.717, 1.165) is 24.0 Å². The van der Waals surface area contributed by atoms with Crippen molar-refractivity contribution in [1.82, 2.24) is 4.57 Å². The molecule has 3 aliphatic rings. The van der Waals surface area contributed by atoms with Crippen molar-refractivity contribution in [2.45, 2.75) is 77.6 Å². The first-order valence-electron chi connectivity index (χ1n) is 26.4. The second kappa shape index (κ2) is 14.7. The van der Waals surface area contributed by atoms with Crippen LogP contribution < -0.4 is 15.7 Å². The van der Waals surface area contributed by atoms with Crippen LogP contribution in [0.1, 0.15) is 78.0 Å². The average Bonchev–Trinajstić information content (AvgIpc) is 4.17. The summed E-state index contributed by atoms with van der Waals surface area (Å²) in [5.41, 5.74) is 21.3. The zero-order valence-electron chi connectivity index (χ0n) is 42.8. The second-order valence-electron chi connectivity index (χ2n) is 23.8. The van der Waals surface area contributed by atoms with Crippen molar-refractivity contribution in [3.05, 3.63) is 187 Å². The maximum atomic E-state index is 7.43. The molecule has 0 radical (unpaired) electrons. The van der Waals surface area contributed by atoms with Crippen LogP contribution >= 0.6 is 22.7 Å². The summed E-state index contributed by atoms with van der Waals surface area (Å²) in [5.74, 6) is 0. The minimum atomic E-state index is -0.174. The summed E-state index contributed by atoms with van der Waals surface area (Å²) in [6.45, 7) is 16.6. The van der Waals surface area contributed by atoms with E-state index >= 15 is 0 Å². The molecule has 74 heavy (non-hydrogen) atoms. The van der Waals surface area contributed by atoms with Crippen LogP contribution in [0, 0.1) is 0 Å². The van der Waals surface area contributed by atoms with E-state index in [-0.39, 0.29) is 23.1 Å². The van der Waals surface area contributed by atoms with Crippen molar-refractivity contribution in [1.29, 1.82) is 0 Å². The monoisotopic (exact) mass is 988 g/mol. The van der Waals surface area contributed by atoms with Crippen LogP contribution in [0.5, 0.6) is 0 Å². The molecule has 0 atom stereocenters. The zero-order chi connectivity index (χ0) is 49.7. The first kappa shape index (κ1) is 43.1. The van der Waals surface area contributed by atoms with Crippen molar-refractivity contribution >= 4 is 126 Å². The number of fused-ring (bicyclic) bond motifs is 18. The summed E-state index contributed by atoms with van der Waals surface area (Å²) in [6, 6.07) is 65.0. The van der Waals surface area contributed by atoms with Crippen LogP contribution in [-0.4, -0.2) is 11.4 Å². The number of hydrogen-bond acceptors (Lipinski definition) is 4. The van der Waals surface area contributed by atoms with Gasteiger partial charge in [-0.25, -0.2) is 0 Å². The Bertz CT molecular complexity index is 4580. The van der Waals surface area contributed by atoms with Gasteiger partial charge in [-0.3, -0.25) is 0 Å². The number of para-hydroxylation sites is 1. The summed E-state index contributed by atoms with van der Waals surface area (Å²) in [6.07, 6.45) is 2.29. The summed E-state index contributed by atoms with van der Waals surface area (Å²) < 4.78 is 14.0. The highest BCUT2D eigenvalue weighted by molar-refractivity contribution is 7.26. The number of nitrogens with zero attached hydrogens (tertiary/aromatic N) is 2. The Balaban J connectivity index is 1.15. The lowest BCUT2D eigenvalue weighted by Crippen LogP contribution is -2.60. The third kappa shape index (κ3) is 5.73. The Morgan fingerprint density at radius 1 is 0.541 bits per heavy atom. The van der Waals surface area contributed by atoms with Gasteiger partial charge in [0.1, 0.15) is 11.2 Å². The quantitative estimate of drug-likeness (QED) is 0.165. The molecule has 3 nitrogen and oxygen atoms in total. The fraction of sp³-hybridized carbons (Fsp3) is 0.176. The lowest BCUT2D eigenvalue weighted by Gasteiger charge is -2.42. The Kier molecular flexibility index (Phi) is 8.54. The molecule has 13 aromatic rings. The van der Waals surface area contributed by atoms with E-state index in [9.17, 15) is 0 Å². The molecule has 16 rings (SSSR count). The number of anilines is 2. The first-order valence-corrected chi connectivity index (χ1v) is 28.0. The number of benzene rings is 9. The van der Waals surface area contributed by atoms with E-state index in [4.69, 9.17) is 4.42 Å². The molecule has 0 spiro atoms. The molecule has 2 aliphatic heterocycles. The molecule has 0 fully saturated rings. The van der Waals surface area contributed by atoms with Gasteiger partial charge in [0, 0.05) is 79.5 Å². The average molecular weight is 989 g/mol. The van der Waals surface area contributed by atoms with Crippen LogP contribution in [0.25, 0.3) is 112 Å². The molecule has 0 N–H and O–H groups in total. The van der Waals surface area contributed by atoms with Crippen LogP contribution in [0.4, 0.5) is 11.4 Å². The normalized spacial score (nSPS) is 15.6. The van der Waals surface area contributed by atoms with Crippen LogP contribution in [0.3, 0.4) is 0 Å². The van der Waals surface area contributed by atoms with Crippen LogP contribution in [0.15, 0.2) is 174 Å². The van der Waals surface area contributed by atoms with Gasteiger partial charge in [-0.05, 0) is 134 Å². The molecule has 4 aromatic heterocycles. The SMILES string of the molecule is CC(C)(C)c1ccc(N2B3c4cc5sc(-c6ccccc6)c(-c6ccccc6)c5cc4-n4c5cc6c(cc5c5c7oc8ccccc8c7c(c3c54)-c3cc4c(cc32)sc2ccccc24)C(C)(C)CCC6(C)C)cc1. The highest BCUT2D eigenvalue weighted by Gasteiger charge is 2.47. The number of rotatable bonds is 3. The van der Waals surface area contributed by atoms with Gasteiger partial charge in [0.15, 0.2) is 0 Å². The van der Waals surface area contributed by atoms with Crippen LogP contribution in [-0.2, 0) is 16.2 Å².